The van der Waals surface area contributed by atoms with Crippen LogP contribution in [0.15, 0.2) is 0 Å². The molecule has 2 rings (SSSR count). The van der Waals surface area contributed by atoms with Crippen LogP contribution in [0.1, 0.15) is 25.7 Å². The molecule has 0 aromatic carbocycles. The van der Waals surface area contributed by atoms with Gasteiger partial charge in [0, 0.05) is 13.1 Å². The Kier molecular flexibility index (Phi) is 3.06. The van der Waals surface area contributed by atoms with Gasteiger partial charge in [-0.05, 0) is 45.7 Å². The number of likely N-dealkylation sites (N-methyl/N-ethyl adjacent to an activating group) is 1. The van der Waals surface area contributed by atoms with Crippen molar-refractivity contribution in [3.63, 3.8) is 0 Å². The molecule has 2 aliphatic heterocycles. The van der Waals surface area contributed by atoms with Gasteiger partial charge in [0.05, 0.1) is 6.04 Å². The van der Waals surface area contributed by atoms with Crippen LogP contribution in [0.3, 0.4) is 0 Å². The van der Waals surface area contributed by atoms with Gasteiger partial charge < -0.3 is 4.90 Å². The van der Waals surface area contributed by atoms with Crippen molar-refractivity contribution in [3.8, 4) is 0 Å². The molecule has 1 radical (unpaired) electrons. The van der Waals surface area contributed by atoms with Crippen molar-refractivity contribution in [2.45, 2.75) is 31.7 Å². The highest BCUT2D eigenvalue weighted by Gasteiger charge is 2.31. The van der Waals surface area contributed by atoms with E-state index in [1.54, 1.807) is 0 Å². The Morgan fingerprint density at radius 3 is 2.57 bits per heavy atom. The van der Waals surface area contributed by atoms with Crippen molar-refractivity contribution in [2.24, 2.45) is 0 Å². The topological polar surface area (TPSA) is 23.6 Å². The molecule has 79 valence electrons. The summed E-state index contributed by atoms with van der Waals surface area (Å²) >= 11 is 0. The molecule has 14 heavy (non-hydrogen) atoms. The van der Waals surface area contributed by atoms with Gasteiger partial charge in [0.1, 0.15) is 0 Å². The Balaban J connectivity index is 1.92. The maximum atomic E-state index is 12.1. The highest BCUT2D eigenvalue weighted by atomic mass is 16.2. The van der Waals surface area contributed by atoms with Crippen molar-refractivity contribution in [1.82, 2.24) is 9.80 Å². The molecule has 1 amide bonds. The van der Waals surface area contributed by atoms with E-state index < -0.39 is 0 Å². The van der Waals surface area contributed by atoms with Gasteiger partial charge in [-0.1, -0.05) is 0 Å². The minimum Gasteiger partial charge on any atom is -0.341 e. The molecular formula is C11H19N2O. The molecule has 1 atom stereocenters. The number of rotatable bonds is 1. The summed E-state index contributed by atoms with van der Waals surface area (Å²) < 4.78 is 0. The molecule has 3 heteroatoms. The SMILES string of the molecule is CN1CCC[C@H]1C(=O)N1CC[CH]CC1. The lowest BCUT2D eigenvalue weighted by atomic mass is 10.1. The molecule has 0 aromatic heterocycles. The van der Waals surface area contributed by atoms with Gasteiger partial charge in [0.2, 0.25) is 5.91 Å². The number of piperidine rings is 1. The first kappa shape index (κ1) is 9.97. The molecule has 0 saturated carbocycles. The third-order valence-corrected chi connectivity index (χ3v) is 3.32. The number of carbonyl (C=O) groups excluding carboxylic acids is 1. The summed E-state index contributed by atoms with van der Waals surface area (Å²) in [4.78, 5) is 16.3. The van der Waals surface area contributed by atoms with E-state index in [4.69, 9.17) is 0 Å². The molecule has 0 aliphatic carbocycles. The summed E-state index contributed by atoms with van der Waals surface area (Å²) in [5.74, 6) is 0.359. The number of nitrogens with zero attached hydrogens (tertiary/aromatic N) is 2. The zero-order valence-electron chi connectivity index (χ0n) is 8.91. The molecule has 0 bridgehead atoms. The average Bonchev–Trinajstić information content (AvgIpc) is 2.65. The quantitative estimate of drug-likeness (QED) is 0.621. The largest absolute Gasteiger partial charge is 0.341 e. The van der Waals surface area contributed by atoms with Crippen molar-refractivity contribution < 1.29 is 4.79 Å². The van der Waals surface area contributed by atoms with Gasteiger partial charge in [0.25, 0.3) is 0 Å². The highest BCUT2D eigenvalue weighted by Crippen LogP contribution is 2.19. The Bertz CT molecular complexity index is 211. The van der Waals surface area contributed by atoms with Crippen LogP contribution in [-0.2, 0) is 4.79 Å². The minimum atomic E-state index is 0.174. The van der Waals surface area contributed by atoms with Crippen molar-refractivity contribution in [3.05, 3.63) is 6.42 Å². The second kappa shape index (κ2) is 4.30. The number of carbonyl (C=O) groups is 1. The summed E-state index contributed by atoms with van der Waals surface area (Å²) in [5.41, 5.74) is 0. The predicted molar refractivity (Wildman–Crippen MR) is 55.8 cm³/mol. The van der Waals surface area contributed by atoms with Crippen molar-refractivity contribution in [2.75, 3.05) is 26.7 Å². The van der Waals surface area contributed by atoms with Gasteiger partial charge in [-0.25, -0.2) is 0 Å². The van der Waals surface area contributed by atoms with E-state index in [0.29, 0.717) is 5.91 Å². The van der Waals surface area contributed by atoms with Crippen LogP contribution in [0.25, 0.3) is 0 Å². The molecule has 3 nitrogen and oxygen atoms in total. The first-order chi connectivity index (χ1) is 6.79. The van der Waals surface area contributed by atoms with E-state index in [0.717, 1.165) is 38.9 Å². The van der Waals surface area contributed by atoms with Crippen LogP contribution in [0.4, 0.5) is 0 Å². The van der Waals surface area contributed by atoms with E-state index in [9.17, 15) is 4.79 Å². The number of hydrogen-bond donors (Lipinski definition) is 0. The zero-order valence-corrected chi connectivity index (χ0v) is 8.91. The summed E-state index contributed by atoms with van der Waals surface area (Å²) in [6.07, 6.45) is 6.65. The summed E-state index contributed by atoms with van der Waals surface area (Å²) in [7, 11) is 2.06. The highest BCUT2D eigenvalue weighted by molar-refractivity contribution is 5.82. The molecule has 0 unspecified atom stereocenters. The van der Waals surface area contributed by atoms with Crippen LogP contribution in [0.2, 0.25) is 0 Å². The first-order valence-corrected chi connectivity index (χ1v) is 5.60. The maximum Gasteiger partial charge on any atom is 0.239 e. The molecule has 0 aromatic rings. The predicted octanol–water partition coefficient (Wildman–Crippen LogP) is 0.907. The lowest BCUT2D eigenvalue weighted by Crippen LogP contribution is -2.46. The van der Waals surface area contributed by atoms with Crippen molar-refractivity contribution >= 4 is 5.91 Å². The number of hydrogen-bond acceptors (Lipinski definition) is 2. The summed E-state index contributed by atoms with van der Waals surface area (Å²) in [6, 6.07) is 0.174. The van der Waals surface area contributed by atoms with E-state index in [2.05, 4.69) is 18.4 Å². The Morgan fingerprint density at radius 2 is 2.00 bits per heavy atom. The lowest BCUT2D eigenvalue weighted by molar-refractivity contribution is -0.136. The van der Waals surface area contributed by atoms with Gasteiger partial charge in [-0.15, -0.1) is 0 Å². The Labute approximate surface area is 86.1 Å². The number of likely N-dealkylation sites (tertiary alicyclic amines) is 2. The Morgan fingerprint density at radius 1 is 1.29 bits per heavy atom. The van der Waals surface area contributed by atoms with Crippen LogP contribution < -0.4 is 0 Å². The van der Waals surface area contributed by atoms with Crippen LogP contribution >= 0.6 is 0 Å². The second-order valence-corrected chi connectivity index (χ2v) is 4.33. The molecule has 0 N–H and O–H groups in total. The van der Waals surface area contributed by atoms with E-state index in [-0.39, 0.29) is 6.04 Å². The average molecular weight is 195 g/mol. The molecule has 0 spiro atoms. The smallest absolute Gasteiger partial charge is 0.239 e. The summed E-state index contributed by atoms with van der Waals surface area (Å²) in [5, 5.41) is 0. The molecule has 2 aliphatic rings. The molecular weight excluding hydrogens is 176 g/mol. The fourth-order valence-electron chi connectivity index (χ4n) is 2.40. The lowest BCUT2D eigenvalue weighted by Gasteiger charge is -2.31. The maximum absolute atomic E-state index is 12.1. The molecule has 2 saturated heterocycles. The van der Waals surface area contributed by atoms with Gasteiger partial charge in [0.15, 0.2) is 0 Å². The first-order valence-electron chi connectivity index (χ1n) is 5.60. The minimum absolute atomic E-state index is 0.174. The fraction of sp³-hybridized carbons (Fsp3) is 0.818. The van der Waals surface area contributed by atoms with Crippen LogP contribution in [0, 0.1) is 6.42 Å². The molecule has 2 fully saturated rings. The zero-order chi connectivity index (χ0) is 9.97. The van der Waals surface area contributed by atoms with Crippen LogP contribution in [-0.4, -0.2) is 48.4 Å². The Hall–Kier alpha value is -0.570. The second-order valence-electron chi connectivity index (χ2n) is 4.33. The normalized spacial score (nSPS) is 29.5. The van der Waals surface area contributed by atoms with Crippen LogP contribution in [0.5, 0.6) is 0 Å². The number of amides is 1. The van der Waals surface area contributed by atoms with E-state index in [1.807, 2.05) is 4.90 Å². The third-order valence-electron chi connectivity index (χ3n) is 3.32. The van der Waals surface area contributed by atoms with Gasteiger partial charge >= 0.3 is 0 Å². The van der Waals surface area contributed by atoms with Gasteiger partial charge in [-0.3, -0.25) is 9.69 Å². The van der Waals surface area contributed by atoms with Gasteiger partial charge in [-0.2, -0.15) is 0 Å². The van der Waals surface area contributed by atoms with E-state index in [1.165, 1.54) is 6.42 Å². The third kappa shape index (κ3) is 1.92. The molecule has 2 heterocycles. The van der Waals surface area contributed by atoms with Crippen molar-refractivity contribution in [1.29, 1.82) is 0 Å². The monoisotopic (exact) mass is 195 g/mol. The standard InChI is InChI=1S/C11H19N2O/c1-12-7-5-6-10(12)11(14)13-8-3-2-4-9-13/h2,10H,3-9H2,1H3/t10-/m0/s1. The summed E-state index contributed by atoms with van der Waals surface area (Å²) in [6.45, 7) is 2.95. The van der Waals surface area contributed by atoms with E-state index >= 15 is 0 Å². The fourth-order valence-corrected chi connectivity index (χ4v) is 2.40.